The second-order valence-corrected chi connectivity index (χ2v) is 4.46. The highest BCUT2D eigenvalue weighted by Crippen LogP contribution is 2.21. The van der Waals surface area contributed by atoms with Crippen molar-refractivity contribution in [3.8, 4) is 0 Å². The van der Waals surface area contributed by atoms with Crippen LogP contribution in [0.1, 0.15) is 30.4 Å². The molecule has 0 bridgehead atoms. The molecule has 0 radical (unpaired) electrons. The number of carbonyl (C=O) groups is 1. The van der Waals surface area contributed by atoms with E-state index in [1.807, 2.05) is 19.1 Å². The fourth-order valence-electron chi connectivity index (χ4n) is 1.71. The minimum Gasteiger partial charge on any atom is -0.469 e. The molecule has 16 heavy (non-hydrogen) atoms. The fourth-order valence-corrected chi connectivity index (χ4v) is 2.16. The first-order chi connectivity index (χ1) is 7.72. The molecule has 0 amide bonds. The molecule has 0 aliphatic carbocycles. The number of aryl methyl sites for hydroxylation is 1. The molecule has 1 aromatic rings. The Hall–Kier alpha value is -0.830. The molecule has 1 rings (SSSR count). The molecule has 3 heteroatoms. The summed E-state index contributed by atoms with van der Waals surface area (Å²) in [6.07, 6.45) is 1.78. The van der Waals surface area contributed by atoms with Crippen LogP contribution in [-0.4, -0.2) is 18.4 Å². The molecule has 0 saturated carbocycles. The average molecular weight is 285 g/mol. The van der Waals surface area contributed by atoms with E-state index in [1.54, 1.807) is 0 Å². The molecule has 1 unspecified atom stereocenters. The molecule has 0 aliphatic rings. The van der Waals surface area contributed by atoms with Crippen molar-refractivity contribution < 1.29 is 9.53 Å². The van der Waals surface area contributed by atoms with Crippen LogP contribution in [-0.2, 0) is 16.0 Å². The molecule has 0 N–H and O–H groups in total. The smallest absolute Gasteiger partial charge is 0.313 e. The van der Waals surface area contributed by atoms with E-state index in [9.17, 15) is 4.79 Å². The van der Waals surface area contributed by atoms with Crippen molar-refractivity contribution in [2.24, 2.45) is 0 Å². The van der Waals surface area contributed by atoms with Crippen molar-refractivity contribution in [3.05, 3.63) is 35.4 Å². The van der Waals surface area contributed by atoms with Crippen molar-refractivity contribution in [2.75, 3.05) is 12.4 Å². The normalized spacial score (nSPS) is 12.2. The van der Waals surface area contributed by atoms with Crippen LogP contribution in [0.4, 0.5) is 0 Å². The molecule has 0 heterocycles. The lowest BCUT2D eigenvalue weighted by Crippen LogP contribution is -2.13. The van der Waals surface area contributed by atoms with Crippen LogP contribution in [0.15, 0.2) is 24.3 Å². The van der Waals surface area contributed by atoms with Gasteiger partial charge in [-0.05, 0) is 24.0 Å². The lowest BCUT2D eigenvalue weighted by molar-refractivity contribution is -0.142. The summed E-state index contributed by atoms with van der Waals surface area (Å²) < 4.78 is 4.79. The van der Waals surface area contributed by atoms with Crippen LogP contribution in [0.25, 0.3) is 0 Å². The fraction of sp³-hybridized carbons (Fsp3) is 0.462. The Morgan fingerprint density at radius 2 is 2.00 bits per heavy atom. The summed E-state index contributed by atoms with van der Waals surface area (Å²) in [4.78, 5) is 11.5. The van der Waals surface area contributed by atoms with Crippen molar-refractivity contribution in [1.82, 2.24) is 0 Å². The zero-order chi connectivity index (χ0) is 12.0. The number of methoxy groups -OCH3 is 1. The topological polar surface area (TPSA) is 26.3 Å². The maximum atomic E-state index is 11.5. The highest BCUT2D eigenvalue weighted by atomic mass is 79.9. The first kappa shape index (κ1) is 13.2. The Morgan fingerprint density at radius 3 is 2.44 bits per heavy atom. The van der Waals surface area contributed by atoms with Crippen LogP contribution < -0.4 is 0 Å². The Morgan fingerprint density at radius 1 is 1.38 bits per heavy atom. The van der Waals surface area contributed by atoms with Gasteiger partial charge in [0.1, 0.15) is 0 Å². The summed E-state index contributed by atoms with van der Waals surface area (Å²) in [7, 11) is 1.43. The van der Waals surface area contributed by atoms with Crippen LogP contribution in [0.2, 0.25) is 0 Å². The number of carbonyl (C=O) groups excluding carboxylic acids is 1. The quantitative estimate of drug-likeness (QED) is 0.613. The zero-order valence-corrected chi connectivity index (χ0v) is 11.3. The monoisotopic (exact) mass is 284 g/mol. The number of alkyl halides is 1. The van der Waals surface area contributed by atoms with Crippen molar-refractivity contribution >= 4 is 21.9 Å². The summed E-state index contributed by atoms with van der Waals surface area (Å²) in [6.45, 7) is 1.99. The van der Waals surface area contributed by atoms with Gasteiger partial charge in [0.25, 0.3) is 0 Å². The molecular formula is C13H17BrO2. The lowest BCUT2D eigenvalue weighted by atomic mass is 9.95. The van der Waals surface area contributed by atoms with Crippen molar-refractivity contribution in [1.29, 1.82) is 0 Å². The van der Waals surface area contributed by atoms with E-state index >= 15 is 0 Å². The number of benzene rings is 1. The minimum atomic E-state index is -0.157. The van der Waals surface area contributed by atoms with Crippen molar-refractivity contribution in [3.63, 3.8) is 0 Å². The van der Waals surface area contributed by atoms with E-state index in [-0.39, 0.29) is 11.9 Å². The van der Waals surface area contributed by atoms with Crippen LogP contribution in [0.3, 0.4) is 0 Å². The molecule has 0 spiro atoms. The standard InChI is InChI=1S/C13H17BrO2/c1-3-12(13(15)16-2)11-6-4-10(5-7-11)8-9-14/h4-7,12H,3,8-9H2,1-2H3. The van der Waals surface area contributed by atoms with Gasteiger partial charge in [-0.15, -0.1) is 0 Å². The summed E-state index contributed by atoms with van der Waals surface area (Å²) in [5.74, 6) is -0.293. The molecule has 88 valence electrons. The Balaban J connectivity index is 2.82. The number of hydrogen-bond acceptors (Lipinski definition) is 2. The third-order valence-corrected chi connectivity index (χ3v) is 3.06. The molecule has 0 aliphatic heterocycles. The number of hydrogen-bond donors (Lipinski definition) is 0. The predicted octanol–water partition coefficient (Wildman–Crippen LogP) is 3.29. The van der Waals surface area contributed by atoms with E-state index in [1.165, 1.54) is 12.7 Å². The Bertz CT molecular complexity index is 332. The van der Waals surface area contributed by atoms with Gasteiger partial charge in [-0.2, -0.15) is 0 Å². The van der Waals surface area contributed by atoms with Crippen LogP contribution in [0.5, 0.6) is 0 Å². The van der Waals surface area contributed by atoms with E-state index in [2.05, 4.69) is 28.1 Å². The van der Waals surface area contributed by atoms with E-state index in [0.29, 0.717) is 0 Å². The number of rotatable bonds is 5. The predicted molar refractivity (Wildman–Crippen MR) is 69.0 cm³/mol. The third-order valence-electron chi connectivity index (χ3n) is 2.66. The molecule has 1 aromatic carbocycles. The van der Waals surface area contributed by atoms with E-state index in [0.717, 1.165) is 23.7 Å². The third kappa shape index (κ3) is 3.34. The van der Waals surface area contributed by atoms with E-state index < -0.39 is 0 Å². The highest BCUT2D eigenvalue weighted by molar-refractivity contribution is 9.09. The second kappa shape index (κ2) is 6.69. The largest absolute Gasteiger partial charge is 0.469 e. The van der Waals surface area contributed by atoms with Crippen molar-refractivity contribution in [2.45, 2.75) is 25.7 Å². The zero-order valence-electron chi connectivity index (χ0n) is 9.70. The van der Waals surface area contributed by atoms with Gasteiger partial charge in [0, 0.05) is 5.33 Å². The van der Waals surface area contributed by atoms with Gasteiger partial charge in [-0.25, -0.2) is 0 Å². The molecular weight excluding hydrogens is 268 g/mol. The Kier molecular flexibility index (Phi) is 5.53. The average Bonchev–Trinajstić information content (AvgIpc) is 2.32. The van der Waals surface area contributed by atoms with Gasteiger partial charge < -0.3 is 4.74 Å². The first-order valence-corrected chi connectivity index (χ1v) is 6.57. The summed E-state index contributed by atoms with van der Waals surface area (Å²) in [5.41, 5.74) is 2.31. The van der Waals surface area contributed by atoms with Gasteiger partial charge in [0.15, 0.2) is 0 Å². The molecule has 0 fully saturated rings. The van der Waals surface area contributed by atoms with Gasteiger partial charge in [0.05, 0.1) is 13.0 Å². The maximum absolute atomic E-state index is 11.5. The summed E-state index contributed by atoms with van der Waals surface area (Å²) >= 11 is 3.41. The van der Waals surface area contributed by atoms with Crippen LogP contribution in [0, 0.1) is 0 Å². The van der Waals surface area contributed by atoms with Gasteiger partial charge in [-0.1, -0.05) is 47.1 Å². The maximum Gasteiger partial charge on any atom is 0.313 e. The SMILES string of the molecule is CCC(C(=O)OC)c1ccc(CCBr)cc1. The van der Waals surface area contributed by atoms with Crippen LogP contribution >= 0.6 is 15.9 Å². The molecule has 1 atom stereocenters. The number of ether oxygens (including phenoxy) is 1. The number of esters is 1. The highest BCUT2D eigenvalue weighted by Gasteiger charge is 2.18. The first-order valence-electron chi connectivity index (χ1n) is 5.45. The molecule has 2 nitrogen and oxygen atoms in total. The summed E-state index contributed by atoms with van der Waals surface area (Å²) in [6, 6.07) is 8.18. The molecule has 0 saturated heterocycles. The van der Waals surface area contributed by atoms with Gasteiger partial charge in [-0.3, -0.25) is 4.79 Å². The van der Waals surface area contributed by atoms with Gasteiger partial charge in [0.2, 0.25) is 0 Å². The number of halogens is 1. The van der Waals surface area contributed by atoms with E-state index in [4.69, 9.17) is 4.74 Å². The van der Waals surface area contributed by atoms with Gasteiger partial charge >= 0.3 is 5.97 Å². The molecule has 0 aromatic heterocycles. The summed E-state index contributed by atoms with van der Waals surface area (Å²) in [5, 5.41) is 0.959. The lowest BCUT2D eigenvalue weighted by Gasteiger charge is -2.13. The second-order valence-electron chi connectivity index (χ2n) is 3.66. The Labute approximate surface area is 105 Å². The minimum absolute atomic E-state index is 0.136.